The molecule has 102 valence electrons. The van der Waals surface area contributed by atoms with E-state index in [2.05, 4.69) is 15.6 Å². The van der Waals surface area contributed by atoms with E-state index >= 15 is 0 Å². The lowest BCUT2D eigenvalue weighted by Crippen LogP contribution is -2.38. The molecule has 1 heterocycles. The van der Waals surface area contributed by atoms with Gasteiger partial charge in [0, 0.05) is 18.6 Å². The number of halogens is 3. The van der Waals surface area contributed by atoms with Crippen molar-refractivity contribution in [2.75, 3.05) is 18.4 Å². The number of hydrogen-bond acceptors (Lipinski definition) is 3. The smallest absolute Gasteiger partial charge is 0.383 e. The van der Waals surface area contributed by atoms with Gasteiger partial charge in [0.15, 0.2) is 0 Å². The molecule has 18 heavy (non-hydrogen) atoms. The summed E-state index contributed by atoms with van der Waals surface area (Å²) in [5.41, 5.74) is -0.264. The zero-order chi connectivity index (χ0) is 13.8. The Morgan fingerprint density at radius 3 is 2.22 bits per heavy atom. The molecule has 0 aliphatic carbocycles. The summed E-state index contributed by atoms with van der Waals surface area (Å²) < 4.78 is 36.8. The van der Waals surface area contributed by atoms with Crippen LogP contribution >= 0.6 is 0 Å². The fraction of sp³-hybridized carbons (Fsp3) is 0.583. The van der Waals surface area contributed by atoms with Crippen LogP contribution in [0, 0.1) is 0 Å². The predicted octanol–water partition coefficient (Wildman–Crippen LogP) is 2.90. The summed E-state index contributed by atoms with van der Waals surface area (Å²) in [5, 5.41) is 6.27. The molecule has 0 radical (unpaired) electrons. The molecule has 0 spiro atoms. The molecule has 2 N–H and O–H groups in total. The Hall–Kier alpha value is -1.30. The van der Waals surface area contributed by atoms with Crippen LogP contribution in [0.5, 0.6) is 0 Å². The fourth-order valence-electron chi connectivity index (χ4n) is 1.31. The van der Waals surface area contributed by atoms with Crippen molar-refractivity contribution in [3.8, 4) is 0 Å². The average molecular weight is 261 g/mol. The molecule has 0 atom stereocenters. The molecule has 0 aromatic carbocycles. The molecule has 1 rings (SSSR count). The van der Waals surface area contributed by atoms with Crippen LogP contribution in [0.2, 0.25) is 0 Å². The third kappa shape index (κ3) is 5.35. The lowest BCUT2D eigenvalue weighted by molar-refractivity contribution is -0.141. The minimum Gasteiger partial charge on any atom is -0.383 e. The number of hydrogen-bond donors (Lipinski definition) is 2. The number of nitrogens with one attached hydrogen (secondary N) is 2. The zero-order valence-corrected chi connectivity index (χ0v) is 10.7. The Bertz CT molecular complexity index is 366. The van der Waals surface area contributed by atoms with Gasteiger partial charge < -0.3 is 10.6 Å². The fourth-order valence-corrected chi connectivity index (χ4v) is 1.31. The zero-order valence-electron chi connectivity index (χ0n) is 10.7. The Kier molecular flexibility index (Phi) is 4.56. The first-order valence-electron chi connectivity index (χ1n) is 5.71. The van der Waals surface area contributed by atoms with Crippen LogP contribution in [-0.2, 0) is 6.18 Å². The maximum atomic E-state index is 12.3. The normalized spacial score (nSPS) is 12.6. The first-order chi connectivity index (χ1) is 8.18. The number of alkyl halides is 3. The summed E-state index contributed by atoms with van der Waals surface area (Å²) in [6.07, 6.45) is -3.19. The highest BCUT2D eigenvalue weighted by Crippen LogP contribution is 2.27. The van der Waals surface area contributed by atoms with Gasteiger partial charge >= 0.3 is 6.18 Å². The highest BCUT2D eigenvalue weighted by atomic mass is 19.4. The first kappa shape index (κ1) is 14.8. The second-order valence-electron chi connectivity index (χ2n) is 5.03. The average Bonchev–Trinajstić information content (AvgIpc) is 2.22. The second-order valence-corrected chi connectivity index (χ2v) is 5.03. The van der Waals surface area contributed by atoms with E-state index in [1.54, 1.807) is 0 Å². The molecule has 0 unspecified atom stereocenters. The lowest BCUT2D eigenvalue weighted by atomic mass is 10.1. The maximum absolute atomic E-state index is 12.3. The van der Waals surface area contributed by atoms with Crippen LogP contribution in [0.4, 0.5) is 18.9 Å². The molecular formula is C12H18F3N3. The summed E-state index contributed by atoms with van der Waals surface area (Å²) in [6, 6.07) is 2.35. The van der Waals surface area contributed by atoms with Crippen LogP contribution in [0.25, 0.3) is 0 Å². The van der Waals surface area contributed by atoms with E-state index < -0.39 is 11.9 Å². The van der Waals surface area contributed by atoms with E-state index in [0.717, 1.165) is 12.6 Å². The molecule has 6 heteroatoms. The summed E-state index contributed by atoms with van der Waals surface area (Å²) in [6.45, 7) is 7.50. The van der Waals surface area contributed by atoms with Gasteiger partial charge in [-0.3, -0.25) is 0 Å². The van der Waals surface area contributed by atoms with Gasteiger partial charge in [-0.15, -0.1) is 0 Å². The summed E-state index contributed by atoms with van der Waals surface area (Å²) in [5.74, 6) is 0. The molecule has 0 aliphatic rings. The molecule has 0 aliphatic heterocycles. The van der Waals surface area contributed by atoms with E-state index in [1.807, 2.05) is 20.8 Å². The Morgan fingerprint density at radius 2 is 1.78 bits per heavy atom. The van der Waals surface area contributed by atoms with E-state index in [0.29, 0.717) is 12.2 Å². The van der Waals surface area contributed by atoms with Crippen molar-refractivity contribution in [1.82, 2.24) is 10.3 Å². The van der Waals surface area contributed by atoms with Gasteiger partial charge in [-0.05, 0) is 32.9 Å². The third-order valence-corrected chi connectivity index (χ3v) is 2.16. The number of pyridine rings is 1. The van der Waals surface area contributed by atoms with E-state index in [9.17, 15) is 13.2 Å². The maximum Gasteiger partial charge on any atom is 0.433 e. The van der Waals surface area contributed by atoms with Crippen LogP contribution in [0.15, 0.2) is 18.3 Å². The number of aromatic nitrogens is 1. The van der Waals surface area contributed by atoms with Gasteiger partial charge in [0.2, 0.25) is 0 Å². The van der Waals surface area contributed by atoms with Crippen LogP contribution in [0.1, 0.15) is 26.5 Å². The Balaban J connectivity index is 2.41. The SMILES string of the molecule is CC(C)(C)NCCNc1ccc(C(F)(F)F)nc1. The molecule has 0 amide bonds. The summed E-state index contributed by atoms with van der Waals surface area (Å²) in [4.78, 5) is 3.37. The van der Waals surface area contributed by atoms with Crippen molar-refractivity contribution in [3.63, 3.8) is 0 Å². The summed E-state index contributed by atoms with van der Waals surface area (Å²) >= 11 is 0. The molecular weight excluding hydrogens is 243 g/mol. The van der Waals surface area contributed by atoms with Gasteiger partial charge in [-0.1, -0.05) is 0 Å². The van der Waals surface area contributed by atoms with E-state index in [-0.39, 0.29) is 5.54 Å². The van der Waals surface area contributed by atoms with Crippen molar-refractivity contribution in [2.24, 2.45) is 0 Å². The molecule has 0 saturated carbocycles. The topological polar surface area (TPSA) is 37.0 Å². The monoisotopic (exact) mass is 261 g/mol. The summed E-state index contributed by atoms with van der Waals surface area (Å²) in [7, 11) is 0. The highest BCUT2D eigenvalue weighted by molar-refractivity contribution is 5.41. The second kappa shape index (κ2) is 5.56. The quantitative estimate of drug-likeness (QED) is 0.818. The van der Waals surface area contributed by atoms with E-state index in [1.165, 1.54) is 12.3 Å². The predicted molar refractivity (Wildman–Crippen MR) is 65.5 cm³/mol. The van der Waals surface area contributed by atoms with Crippen molar-refractivity contribution < 1.29 is 13.2 Å². The molecule has 0 fully saturated rings. The molecule has 1 aromatic rings. The molecule has 3 nitrogen and oxygen atoms in total. The number of nitrogens with zero attached hydrogens (tertiary/aromatic N) is 1. The molecule has 0 saturated heterocycles. The van der Waals surface area contributed by atoms with Crippen LogP contribution in [0.3, 0.4) is 0 Å². The molecule has 0 bridgehead atoms. The minimum absolute atomic E-state index is 0.0278. The van der Waals surface area contributed by atoms with Gasteiger partial charge in [0.1, 0.15) is 5.69 Å². The first-order valence-corrected chi connectivity index (χ1v) is 5.71. The van der Waals surface area contributed by atoms with Crippen molar-refractivity contribution in [2.45, 2.75) is 32.5 Å². The lowest BCUT2D eigenvalue weighted by Gasteiger charge is -2.20. The van der Waals surface area contributed by atoms with Crippen molar-refractivity contribution in [1.29, 1.82) is 0 Å². The van der Waals surface area contributed by atoms with Crippen LogP contribution < -0.4 is 10.6 Å². The largest absolute Gasteiger partial charge is 0.433 e. The Labute approximate surface area is 105 Å². The molecule has 1 aromatic heterocycles. The highest BCUT2D eigenvalue weighted by Gasteiger charge is 2.31. The van der Waals surface area contributed by atoms with Crippen molar-refractivity contribution >= 4 is 5.69 Å². The van der Waals surface area contributed by atoms with Gasteiger partial charge in [-0.25, -0.2) is 4.98 Å². The van der Waals surface area contributed by atoms with E-state index in [4.69, 9.17) is 0 Å². The number of rotatable bonds is 4. The van der Waals surface area contributed by atoms with Crippen LogP contribution in [-0.4, -0.2) is 23.6 Å². The van der Waals surface area contributed by atoms with Crippen molar-refractivity contribution in [3.05, 3.63) is 24.0 Å². The third-order valence-electron chi connectivity index (χ3n) is 2.16. The minimum atomic E-state index is -4.38. The number of anilines is 1. The Morgan fingerprint density at radius 1 is 1.11 bits per heavy atom. The van der Waals surface area contributed by atoms with Gasteiger partial charge in [0.25, 0.3) is 0 Å². The van der Waals surface area contributed by atoms with Gasteiger partial charge in [-0.2, -0.15) is 13.2 Å². The van der Waals surface area contributed by atoms with Gasteiger partial charge in [0.05, 0.1) is 11.9 Å². The standard InChI is InChI=1S/C12H18F3N3/c1-11(2,3)18-7-6-16-9-4-5-10(17-8-9)12(13,14)15/h4-5,8,16,18H,6-7H2,1-3H3.